The van der Waals surface area contributed by atoms with E-state index in [1.165, 1.54) is 0 Å². The standard InChI is InChI=1S/C30H33ClN4O4/c31-22-9-5-10-23-26(22)30(13-15-32-16-14-30)29(39)34(23)17-3-1-2-6-19-7-4-8-20-21(19)18-35(28(20)38)24-11-12-25(36)33-27(24)37/h4-5,7-10,24,32H,1-3,6,11-18H2,(H,33,36,37). The van der Waals surface area contributed by atoms with Crippen molar-refractivity contribution in [2.24, 2.45) is 0 Å². The Balaban J connectivity index is 1.08. The molecular weight excluding hydrogens is 516 g/mol. The molecular formula is C30H33ClN4O4. The van der Waals surface area contributed by atoms with Crippen molar-refractivity contribution in [3.05, 3.63) is 63.7 Å². The topological polar surface area (TPSA) is 98.8 Å². The second-order valence-electron chi connectivity index (χ2n) is 11.1. The number of hydrogen-bond acceptors (Lipinski definition) is 5. The summed E-state index contributed by atoms with van der Waals surface area (Å²) in [7, 11) is 0. The van der Waals surface area contributed by atoms with E-state index in [0.717, 1.165) is 74.0 Å². The summed E-state index contributed by atoms with van der Waals surface area (Å²) in [6, 6.07) is 11.0. The number of hydrogen-bond donors (Lipinski definition) is 2. The normalized spacial score (nSPS) is 21.9. The van der Waals surface area contributed by atoms with Crippen molar-refractivity contribution < 1.29 is 19.2 Å². The molecule has 0 aliphatic carbocycles. The van der Waals surface area contributed by atoms with Crippen molar-refractivity contribution in [2.45, 2.75) is 69.4 Å². The van der Waals surface area contributed by atoms with Crippen LogP contribution in [0.1, 0.15) is 72.0 Å². The van der Waals surface area contributed by atoms with Crippen LogP contribution in [-0.2, 0) is 32.8 Å². The molecule has 0 bridgehead atoms. The zero-order chi connectivity index (χ0) is 27.1. The van der Waals surface area contributed by atoms with E-state index in [1.807, 2.05) is 35.2 Å². The minimum atomic E-state index is -0.604. The first-order chi connectivity index (χ1) is 18.9. The molecule has 4 amide bonds. The van der Waals surface area contributed by atoms with E-state index >= 15 is 0 Å². The van der Waals surface area contributed by atoms with E-state index in [0.29, 0.717) is 30.1 Å². The Morgan fingerprint density at radius 3 is 2.56 bits per heavy atom. The van der Waals surface area contributed by atoms with Crippen LogP contribution in [0, 0.1) is 0 Å². The van der Waals surface area contributed by atoms with Gasteiger partial charge in [0, 0.05) is 41.3 Å². The van der Waals surface area contributed by atoms with Crippen molar-refractivity contribution in [3.63, 3.8) is 0 Å². The highest BCUT2D eigenvalue weighted by atomic mass is 35.5. The van der Waals surface area contributed by atoms with Crippen molar-refractivity contribution in [1.82, 2.24) is 15.5 Å². The minimum Gasteiger partial charge on any atom is -0.322 e. The number of aryl methyl sites for hydroxylation is 1. The fourth-order valence-electron chi connectivity index (χ4n) is 6.87. The third-order valence-corrected chi connectivity index (χ3v) is 9.19. The Morgan fingerprint density at radius 2 is 1.77 bits per heavy atom. The third-order valence-electron chi connectivity index (χ3n) is 8.88. The smallest absolute Gasteiger partial charge is 0.255 e. The van der Waals surface area contributed by atoms with Crippen LogP contribution >= 0.6 is 11.6 Å². The van der Waals surface area contributed by atoms with Crippen molar-refractivity contribution >= 4 is 40.9 Å². The summed E-state index contributed by atoms with van der Waals surface area (Å²) in [6.07, 6.45) is 5.73. The maximum absolute atomic E-state index is 13.7. The average Bonchev–Trinajstić information content (AvgIpc) is 3.38. The number of piperidine rings is 2. The molecule has 8 nitrogen and oxygen atoms in total. The molecule has 39 heavy (non-hydrogen) atoms. The number of imide groups is 1. The van der Waals surface area contributed by atoms with Gasteiger partial charge in [-0.15, -0.1) is 0 Å². The van der Waals surface area contributed by atoms with E-state index in [1.54, 1.807) is 4.90 Å². The maximum Gasteiger partial charge on any atom is 0.255 e. The van der Waals surface area contributed by atoms with Gasteiger partial charge in [-0.1, -0.05) is 36.2 Å². The second kappa shape index (κ2) is 10.4. The van der Waals surface area contributed by atoms with E-state index in [9.17, 15) is 19.2 Å². The first-order valence-corrected chi connectivity index (χ1v) is 14.4. The molecule has 1 atom stereocenters. The highest BCUT2D eigenvalue weighted by Crippen LogP contribution is 2.50. The van der Waals surface area contributed by atoms with Gasteiger partial charge < -0.3 is 15.1 Å². The Bertz CT molecular complexity index is 1350. The second-order valence-corrected chi connectivity index (χ2v) is 11.5. The Hall–Kier alpha value is -3.23. The van der Waals surface area contributed by atoms with Crippen LogP contribution in [0.15, 0.2) is 36.4 Å². The lowest BCUT2D eigenvalue weighted by atomic mass is 9.74. The largest absolute Gasteiger partial charge is 0.322 e. The highest BCUT2D eigenvalue weighted by Gasteiger charge is 2.52. The summed E-state index contributed by atoms with van der Waals surface area (Å²) >= 11 is 6.64. The van der Waals surface area contributed by atoms with Crippen LogP contribution in [0.5, 0.6) is 0 Å². The Kier molecular flexibility index (Phi) is 6.93. The van der Waals surface area contributed by atoms with Gasteiger partial charge in [0.05, 0.1) is 5.41 Å². The van der Waals surface area contributed by atoms with Gasteiger partial charge in [-0.3, -0.25) is 24.5 Å². The summed E-state index contributed by atoms with van der Waals surface area (Å²) in [5.41, 5.74) is 4.22. The Morgan fingerprint density at radius 1 is 0.974 bits per heavy atom. The van der Waals surface area contributed by atoms with Crippen molar-refractivity contribution in [1.29, 1.82) is 0 Å². The van der Waals surface area contributed by atoms with Crippen LogP contribution < -0.4 is 15.5 Å². The summed E-state index contributed by atoms with van der Waals surface area (Å²) < 4.78 is 0. The van der Waals surface area contributed by atoms with Crippen LogP contribution in [0.4, 0.5) is 5.69 Å². The molecule has 2 N–H and O–H groups in total. The number of unbranched alkanes of at least 4 members (excludes halogenated alkanes) is 2. The van der Waals surface area contributed by atoms with Gasteiger partial charge in [0.25, 0.3) is 5.91 Å². The van der Waals surface area contributed by atoms with Gasteiger partial charge in [-0.25, -0.2) is 0 Å². The monoisotopic (exact) mass is 548 g/mol. The lowest BCUT2D eigenvalue weighted by Crippen LogP contribution is -2.52. The predicted molar refractivity (Wildman–Crippen MR) is 148 cm³/mol. The summed E-state index contributed by atoms with van der Waals surface area (Å²) in [5.74, 6) is -0.633. The van der Waals surface area contributed by atoms with Crippen molar-refractivity contribution in [2.75, 3.05) is 24.5 Å². The number of amides is 4. The molecule has 0 saturated carbocycles. The molecule has 0 aromatic heterocycles. The lowest BCUT2D eigenvalue weighted by Gasteiger charge is -2.33. The number of nitrogens with zero attached hydrogens (tertiary/aromatic N) is 2. The molecule has 9 heteroatoms. The first-order valence-electron chi connectivity index (χ1n) is 14.0. The summed E-state index contributed by atoms with van der Waals surface area (Å²) in [4.78, 5) is 54.3. The SMILES string of the molecule is O=C1CCC(N2Cc3c(CCCCCN4C(=O)C5(CCNCC5)c5c(Cl)cccc54)cccc3C2=O)C(=O)N1. The van der Waals surface area contributed by atoms with Crippen LogP contribution in [0.2, 0.25) is 5.02 Å². The molecule has 2 saturated heterocycles. The molecule has 6 rings (SSSR count). The molecule has 1 spiro atoms. The fraction of sp³-hybridized carbons (Fsp3) is 0.467. The number of rotatable bonds is 7. The van der Waals surface area contributed by atoms with Crippen LogP contribution in [-0.4, -0.2) is 54.2 Å². The fourth-order valence-corrected chi connectivity index (χ4v) is 7.22. The average molecular weight is 549 g/mol. The number of fused-ring (bicyclic) bond motifs is 3. The van der Waals surface area contributed by atoms with Gasteiger partial charge in [-0.05, 0) is 80.9 Å². The summed E-state index contributed by atoms with van der Waals surface area (Å²) in [6.45, 7) is 2.69. The van der Waals surface area contributed by atoms with E-state index in [2.05, 4.69) is 16.7 Å². The zero-order valence-electron chi connectivity index (χ0n) is 21.9. The molecule has 0 radical (unpaired) electrons. The Labute approximate surface area is 233 Å². The summed E-state index contributed by atoms with van der Waals surface area (Å²) in [5, 5.41) is 6.42. The molecule has 4 aliphatic rings. The molecule has 1 unspecified atom stereocenters. The molecule has 2 aromatic rings. The first kappa shape index (κ1) is 26.0. The maximum atomic E-state index is 13.7. The minimum absolute atomic E-state index is 0.141. The quantitative estimate of drug-likeness (QED) is 0.408. The highest BCUT2D eigenvalue weighted by molar-refractivity contribution is 6.33. The van der Waals surface area contributed by atoms with Crippen molar-refractivity contribution in [3.8, 4) is 0 Å². The number of nitrogens with one attached hydrogen (secondary N) is 2. The van der Waals surface area contributed by atoms with Gasteiger partial charge in [0.1, 0.15) is 6.04 Å². The number of anilines is 1. The van der Waals surface area contributed by atoms with Gasteiger partial charge in [-0.2, -0.15) is 0 Å². The third kappa shape index (κ3) is 4.43. The molecule has 4 aliphatic heterocycles. The zero-order valence-corrected chi connectivity index (χ0v) is 22.7. The number of carbonyl (C=O) groups is 4. The van der Waals surface area contributed by atoms with Crippen LogP contribution in [0.3, 0.4) is 0 Å². The molecule has 2 fully saturated rings. The molecule has 4 heterocycles. The van der Waals surface area contributed by atoms with E-state index < -0.39 is 11.5 Å². The lowest BCUT2D eigenvalue weighted by molar-refractivity contribution is -0.137. The number of carbonyl (C=O) groups excluding carboxylic acids is 4. The van der Waals surface area contributed by atoms with Crippen LogP contribution in [0.25, 0.3) is 0 Å². The van der Waals surface area contributed by atoms with E-state index in [4.69, 9.17) is 11.6 Å². The molecule has 204 valence electrons. The number of halogens is 1. The number of benzene rings is 2. The van der Waals surface area contributed by atoms with Gasteiger partial charge >= 0.3 is 0 Å². The predicted octanol–water partition coefficient (Wildman–Crippen LogP) is 3.48. The van der Waals surface area contributed by atoms with Gasteiger partial charge in [0.2, 0.25) is 17.7 Å². The molecule has 2 aromatic carbocycles. The van der Waals surface area contributed by atoms with E-state index in [-0.39, 0.29) is 30.0 Å². The van der Waals surface area contributed by atoms with Gasteiger partial charge in [0.15, 0.2) is 0 Å².